The maximum atomic E-state index is 12.1. The highest BCUT2D eigenvalue weighted by Gasteiger charge is 2.17. The zero-order valence-electron chi connectivity index (χ0n) is 11.3. The predicted octanol–water partition coefficient (Wildman–Crippen LogP) is 3.21. The number of rotatable bonds is 5. The Kier molecular flexibility index (Phi) is 4.34. The quantitative estimate of drug-likeness (QED) is 0.827. The molecule has 0 unspecified atom stereocenters. The number of nitrogens with zero attached hydrogens (tertiary/aromatic N) is 2. The molecule has 0 spiro atoms. The van der Waals surface area contributed by atoms with Crippen molar-refractivity contribution in [1.82, 2.24) is 10.1 Å². The zero-order valence-corrected chi connectivity index (χ0v) is 11.3. The van der Waals surface area contributed by atoms with Gasteiger partial charge in [0.2, 0.25) is 5.76 Å². The van der Waals surface area contributed by atoms with Gasteiger partial charge in [-0.15, -0.1) is 0 Å². The summed E-state index contributed by atoms with van der Waals surface area (Å²) in [6.45, 7) is 2.83. The third-order valence-electron chi connectivity index (χ3n) is 2.98. The van der Waals surface area contributed by atoms with E-state index in [-0.39, 0.29) is 11.7 Å². The average Bonchev–Trinajstić information content (AvgIpc) is 2.94. The van der Waals surface area contributed by atoms with Crippen LogP contribution in [0.3, 0.4) is 0 Å². The minimum Gasteiger partial charge on any atom is -0.350 e. The molecule has 100 valence electrons. The van der Waals surface area contributed by atoms with Crippen LogP contribution in [0, 0.1) is 0 Å². The zero-order chi connectivity index (χ0) is 13.7. The molecule has 19 heavy (non-hydrogen) atoms. The van der Waals surface area contributed by atoms with Gasteiger partial charge in [-0.3, -0.25) is 4.79 Å². The number of amides is 1. The molecule has 2 rings (SSSR count). The number of benzene rings is 1. The second-order valence-electron chi connectivity index (χ2n) is 4.52. The Bertz CT molecular complexity index is 534. The lowest BCUT2D eigenvalue weighted by Crippen LogP contribution is -2.27. The fourth-order valence-corrected chi connectivity index (χ4v) is 1.81. The summed E-state index contributed by atoms with van der Waals surface area (Å²) in [5.74, 6) is 0.167. The van der Waals surface area contributed by atoms with Crippen molar-refractivity contribution in [1.29, 1.82) is 0 Å². The summed E-state index contributed by atoms with van der Waals surface area (Å²) in [6.07, 6.45) is 2.05. The first-order valence-electron chi connectivity index (χ1n) is 6.50. The number of aromatic nitrogens is 1. The van der Waals surface area contributed by atoms with Crippen LogP contribution in [0.4, 0.5) is 0 Å². The molecule has 1 amide bonds. The monoisotopic (exact) mass is 258 g/mol. The number of hydrogen-bond donors (Lipinski definition) is 0. The van der Waals surface area contributed by atoms with E-state index < -0.39 is 0 Å². The van der Waals surface area contributed by atoms with E-state index in [1.165, 1.54) is 0 Å². The molecule has 0 aliphatic heterocycles. The molecule has 0 bridgehead atoms. The van der Waals surface area contributed by atoms with Gasteiger partial charge in [0.25, 0.3) is 5.91 Å². The predicted molar refractivity (Wildman–Crippen MR) is 73.8 cm³/mol. The molecule has 0 aliphatic rings. The fourth-order valence-electron chi connectivity index (χ4n) is 1.81. The highest BCUT2D eigenvalue weighted by atomic mass is 16.5. The van der Waals surface area contributed by atoms with E-state index in [9.17, 15) is 4.79 Å². The second-order valence-corrected chi connectivity index (χ2v) is 4.52. The summed E-state index contributed by atoms with van der Waals surface area (Å²) < 4.78 is 5.14. The summed E-state index contributed by atoms with van der Waals surface area (Å²) >= 11 is 0. The Labute approximate surface area is 113 Å². The lowest BCUT2D eigenvalue weighted by Gasteiger charge is -2.14. The fraction of sp³-hybridized carbons (Fsp3) is 0.333. The minimum atomic E-state index is -0.122. The summed E-state index contributed by atoms with van der Waals surface area (Å²) in [7, 11) is 1.78. The van der Waals surface area contributed by atoms with Gasteiger partial charge in [0.1, 0.15) is 5.69 Å². The Hall–Kier alpha value is -2.10. The van der Waals surface area contributed by atoms with Gasteiger partial charge >= 0.3 is 0 Å². The maximum Gasteiger partial charge on any atom is 0.292 e. The van der Waals surface area contributed by atoms with Crippen LogP contribution < -0.4 is 0 Å². The van der Waals surface area contributed by atoms with Crippen LogP contribution >= 0.6 is 0 Å². The first kappa shape index (κ1) is 13.3. The van der Waals surface area contributed by atoms with Gasteiger partial charge < -0.3 is 9.42 Å². The average molecular weight is 258 g/mol. The Morgan fingerprint density at radius 2 is 2.05 bits per heavy atom. The van der Waals surface area contributed by atoms with Crippen molar-refractivity contribution < 1.29 is 9.32 Å². The van der Waals surface area contributed by atoms with Gasteiger partial charge in [-0.05, 0) is 6.42 Å². The summed E-state index contributed by atoms with van der Waals surface area (Å²) in [6, 6.07) is 11.4. The van der Waals surface area contributed by atoms with Gasteiger partial charge in [0.15, 0.2) is 0 Å². The van der Waals surface area contributed by atoms with Crippen LogP contribution in [-0.2, 0) is 0 Å². The van der Waals surface area contributed by atoms with Crippen LogP contribution in [0.2, 0.25) is 0 Å². The number of carbonyl (C=O) groups is 1. The highest BCUT2D eigenvalue weighted by Crippen LogP contribution is 2.19. The van der Waals surface area contributed by atoms with Crippen molar-refractivity contribution >= 4 is 5.91 Å². The smallest absolute Gasteiger partial charge is 0.292 e. The van der Waals surface area contributed by atoms with Gasteiger partial charge in [-0.2, -0.15) is 0 Å². The van der Waals surface area contributed by atoms with E-state index in [4.69, 9.17) is 4.52 Å². The molecule has 1 heterocycles. The van der Waals surface area contributed by atoms with E-state index >= 15 is 0 Å². The molecular formula is C15H18N2O2. The van der Waals surface area contributed by atoms with Crippen LogP contribution in [0.15, 0.2) is 40.9 Å². The second kappa shape index (κ2) is 6.18. The largest absolute Gasteiger partial charge is 0.350 e. The lowest BCUT2D eigenvalue weighted by atomic mass is 10.1. The van der Waals surface area contributed by atoms with Crippen molar-refractivity contribution in [2.45, 2.75) is 19.8 Å². The van der Waals surface area contributed by atoms with Gasteiger partial charge in [-0.1, -0.05) is 48.8 Å². The lowest BCUT2D eigenvalue weighted by molar-refractivity contribution is 0.0752. The Morgan fingerprint density at radius 1 is 1.32 bits per heavy atom. The van der Waals surface area contributed by atoms with Gasteiger partial charge in [-0.25, -0.2) is 0 Å². The van der Waals surface area contributed by atoms with Crippen molar-refractivity contribution in [3.05, 3.63) is 42.2 Å². The molecule has 0 atom stereocenters. The first-order valence-corrected chi connectivity index (χ1v) is 6.50. The third kappa shape index (κ3) is 3.22. The molecule has 0 saturated carbocycles. The van der Waals surface area contributed by atoms with E-state index in [0.29, 0.717) is 5.69 Å². The minimum absolute atomic E-state index is 0.122. The SMILES string of the molecule is CCCCN(C)C(=O)c1cc(-c2ccccc2)no1. The molecule has 1 aromatic carbocycles. The number of hydrogen-bond acceptors (Lipinski definition) is 3. The number of unbranched alkanes of at least 4 members (excludes halogenated alkanes) is 1. The molecule has 4 heteroatoms. The van der Waals surface area contributed by atoms with Crippen molar-refractivity contribution in [3.8, 4) is 11.3 Å². The van der Waals surface area contributed by atoms with Crippen LogP contribution in [0.1, 0.15) is 30.3 Å². The van der Waals surface area contributed by atoms with E-state index in [1.807, 2.05) is 30.3 Å². The van der Waals surface area contributed by atoms with E-state index in [0.717, 1.165) is 24.9 Å². The van der Waals surface area contributed by atoms with Crippen LogP contribution in [-0.4, -0.2) is 29.6 Å². The molecule has 0 aliphatic carbocycles. The molecule has 0 fully saturated rings. The maximum absolute atomic E-state index is 12.1. The number of carbonyl (C=O) groups excluding carboxylic acids is 1. The summed E-state index contributed by atoms with van der Waals surface area (Å²) in [4.78, 5) is 13.8. The normalized spacial score (nSPS) is 10.4. The van der Waals surface area contributed by atoms with Gasteiger partial charge in [0, 0.05) is 25.2 Å². The van der Waals surface area contributed by atoms with Crippen molar-refractivity contribution in [3.63, 3.8) is 0 Å². The van der Waals surface area contributed by atoms with Crippen molar-refractivity contribution in [2.24, 2.45) is 0 Å². The molecule has 0 saturated heterocycles. The molecule has 0 radical (unpaired) electrons. The Balaban J connectivity index is 2.11. The van der Waals surface area contributed by atoms with E-state index in [1.54, 1.807) is 18.0 Å². The summed E-state index contributed by atoms with van der Waals surface area (Å²) in [5.41, 5.74) is 1.63. The van der Waals surface area contributed by atoms with Gasteiger partial charge in [0.05, 0.1) is 0 Å². The van der Waals surface area contributed by atoms with Crippen molar-refractivity contribution in [2.75, 3.05) is 13.6 Å². The first-order chi connectivity index (χ1) is 9.22. The molecule has 4 nitrogen and oxygen atoms in total. The van der Waals surface area contributed by atoms with Crippen LogP contribution in [0.25, 0.3) is 11.3 Å². The Morgan fingerprint density at radius 3 is 2.74 bits per heavy atom. The standard InChI is InChI=1S/C15H18N2O2/c1-3-4-10-17(2)15(18)14-11-13(16-19-14)12-8-6-5-7-9-12/h5-9,11H,3-4,10H2,1-2H3. The molecule has 2 aromatic rings. The molecule has 1 aromatic heterocycles. The van der Waals surface area contributed by atoms with Crippen LogP contribution in [0.5, 0.6) is 0 Å². The molecular weight excluding hydrogens is 240 g/mol. The summed E-state index contributed by atoms with van der Waals surface area (Å²) in [5, 5.41) is 3.95. The van der Waals surface area contributed by atoms with E-state index in [2.05, 4.69) is 12.1 Å². The topological polar surface area (TPSA) is 46.3 Å². The third-order valence-corrected chi connectivity index (χ3v) is 2.98. The molecule has 0 N–H and O–H groups in total. The highest BCUT2D eigenvalue weighted by molar-refractivity contribution is 5.92.